The lowest BCUT2D eigenvalue weighted by Gasteiger charge is -2.34. The summed E-state index contributed by atoms with van der Waals surface area (Å²) in [6.45, 7) is 7.54. The number of anilines is 1. The molecule has 2 rings (SSSR count). The summed E-state index contributed by atoms with van der Waals surface area (Å²) >= 11 is 0. The first-order valence-electron chi connectivity index (χ1n) is 8.56. The fourth-order valence-corrected chi connectivity index (χ4v) is 3.04. The third-order valence-electron chi connectivity index (χ3n) is 4.31. The smallest absolute Gasteiger partial charge is 0.193 e. The molecule has 3 N–H and O–H groups in total. The van der Waals surface area contributed by atoms with Gasteiger partial charge in [0.25, 0.3) is 0 Å². The summed E-state index contributed by atoms with van der Waals surface area (Å²) in [5.74, 6) is 0.520. The summed E-state index contributed by atoms with van der Waals surface area (Å²) in [7, 11) is 0. The largest absolute Gasteiger partial charge is 0.370 e. The summed E-state index contributed by atoms with van der Waals surface area (Å²) < 4.78 is 0. The molecule has 1 aliphatic rings. The molecule has 0 amide bonds. The molecule has 0 bridgehead atoms. The minimum atomic E-state index is 0.520. The van der Waals surface area contributed by atoms with Crippen LogP contribution in [0.4, 0.5) is 5.69 Å². The van der Waals surface area contributed by atoms with Crippen molar-refractivity contribution in [1.82, 2.24) is 4.90 Å². The minimum absolute atomic E-state index is 0.520. The van der Waals surface area contributed by atoms with Crippen molar-refractivity contribution in [1.29, 1.82) is 0 Å². The second kappa shape index (κ2) is 8.79. The molecular formula is C18H30N4. The predicted molar refractivity (Wildman–Crippen MR) is 95.4 cm³/mol. The summed E-state index contributed by atoms with van der Waals surface area (Å²) in [5.41, 5.74) is 8.26. The van der Waals surface area contributed by atoms with Crippen LogP contribution in [0.3, 0.4) is 0 Å². The van der Waals surface area contributed by atoms with E-state index in [1.54, 1.807) is 0 Å². The van der Waals surface area contributed by atoms with Crippen LogP contribution in [0.2, 0.25) is 0 Å². The van der Waals surface area contributed by atoms with Gasteiger partial charge in [0.15, 0.2) is 5.96 Å². The number of unbranched alkanes of at least 4 members (excludes halogenated alkanes) is 1. The lowest BCUT2D eigenvalue weighted by Crippen LogP contribution is -2.42. The summed E-state index contributed by atoms with van der Waals surface area (Å²) in [5, 5.41) is 3.19. The Morgan fingerprint density at radius 1 is 1.41 bits per heavy atom. The molecule has 0 saturated carbocycles. The van der Waals surface area contributed by atoms with Crippen LogP contribution in [-0.4, -0.2) is 36.5 Å². The predicted octanol–water partition coefficient (Wildman–Crippen LogP) is 3.38. The number of hydrogen-bond acceptors (Lipinski definition) is 2. The van der Waals surface area contributed by atoms with Gasteiger partial charge in [-0.05, 0) is 57.0 Å². The number of guanidine groups is 1. The highest BCUT2D eigenvalue weighted by molar-refractivity contribution is 5.92. The number of likely N-dealkylation sites (tertiary alicyclic amines) is 1. The first-order valence-corrected chi connectivity index (χ1v) is 8.56. The van der Waals surface area contributed by atoms with Crippen molar-refractivity contribution in [2.75, 3.05) is 25.0 Å². The summed E-state index contributed by atoms with van der Waals surface area (Å²) in [4.78, 5) is 7.17. The number of piperidine rings is 1. The standard InChI is InChI=1S/C18H30N4/c1-3-4-11-22-12-6-5-10-17(22)14-20-18(19)21-16-9-7-8-15(2)13-16/h7-9,13,17H,3-6,10-12,14H2,1-2H3,(H3,19,20,21). The minimum Gasteiger partial charge on any atom is -0.370 e. The number of benzene rings is 1. The fraction of sp³-hybridized carbons (Fsp3) is 0.611. The van der Waals surface area contributed by atoms with Gasteiger partial charge in [-0.15, -0.1) is 0 Å². The van der Waals surface area contributed by atoms with Gasteiger partial charge in [-0.1, -0.05) is 31.9 Å². The quantitative estimate of drug-likeness (QED) is 0.625. The highest BCUT2D eigenvalue weighted by Crippen LogP contribution is 2.18. The molecule has 0 aliphatic carbocycles. The molecule has 1 aromatic rings. The molecule has 4 heteroatoms. The third-order valence-corrected chi connectivity index (χ3v) is 4.31. The third kappa shape index (κ3) is 5.34. The van der Waals surface area contributed by atoms with Gasteiger partial charge in [-0.25, -0.2) is 0 Å². The zero-order chi connectivity index (χ0) is 15.8. The fourth-order valence-electron chi connectivity index (χ4n) is 3.04. The van der Waals surface area contributed by atoms with E-state index in [0.717, 1.165) is 12.2 Å². The average Bonchev–Trinajstić information content (AvgIpc) is 2.51. The van der Waals surface area contributed by atoms with E-state index >= 15 is 0 Å². The molecule has 122 valence electrons. The molecule has 1 aliphatic heterocycles. The van der Waals surface area contributed by atoms with Gasteiger partial charge in [0, 0.05) is 11.7 Å². The van der Waals surface area contributed by atoms with E-state index in [-0.39, 0.29) is 0 Å². The second-order valence-electron chi connectivity index (χ2n) is 6.26. The van der Waals surface area contributed by atoms with Crippen molar-refractivity contribution in [3.63, 3.8) is 0 Å². The van der Waals surface area contributed by atoms with Gasteiger partial charge >= 0.3 is 0 Å². The summed E-state index contributed by atoms with van der Waals surface area (Å²) in [6.07, 6.45) is 6.40. The van der Waals surface area contributed by atoms with Crippen molar-refractivity contribution in [3.05, 3.63) is 29.8 Å². The van der Waals surface area contributed by atoms with Crippen LogP contribution in [0.25, 0.3) is 0 Å². The van der Waals surface area contributed by atoms with Gasteiger partial charge in [-0.2, -0.15) is 0 Å². The Balaban J connectivity index is 1.88. The number of nitrogens with one attached hydrogen (secondary N) is 1. The van der Waals surface area contributed by atoms with Gasteiger partial charge in [0.1, 0.15) is 0 Å². The van der Waals surface area contributed by atoms with E-state index in [4.69, 9.17) is 5.73 Å². The summed E-state index contributed by atoms with van der Waals surface area (Å²) in [6, 6.07) is 8.75. The van der Waals surface area contributed by atoms with E-state index in [2.05, 4.69) is 41.2 Å². The normalized spacial score (nSPS) is 20.1. The molecular weight excluding hydrogens is 272 g/mol. The Labute approximate surface area is 134 Å². The lowest BCUT2D eigenvalue weighted by molar-refractivity contribution is 0.151. The molecule has 22 heavy (non-hydrogen) atoms. The van der Waals surface area contributed by atoms with Crippen LogP contribution in [0.5, 0.6) is 0 Å². The van der Waals surface area contributed by atoms with Crippen LogP contribution in [-0.2, 0) is 0 Å². The van der Waals surface area contributed by atoms with E-state index in [1.807, 2.05) is 12.1 Å². The van der Waals surface area contributed by atoms with Crippen molar-refractivity contribution in [2.24, 2.45) is 10.7 Å². The van der Waals surface area contributed by atoms with Crippen molar-refractivity contribution >= 4 is 11.6 Å². The van der Waals surface area contributed by atoms with E-state index in [1.165, 1.54) is 50.8 Å². The number of nitrogens with two attached hydrogens (primary N) is 1. The van der Waals surface area contributed by atoms with Crippen LogP contribution in [0.1, 0.15) is 44.6 Å². The van der Waals surface area contributed by atoms with Crippen LogP contribution in [0, 0.1) is 6.92 Å². The first-order chi connectivity index (χ1) is 10.7. The molecule has 1 atom stereocenters. The number of aliphatic imine (C=N–C) groups is 1. The van der Waals surface area contributed by atoms with Crippen LogP contribution in [0.15, 0.2) is 29.3 Å². The van der Waals surface area contributed by atoms with Gasteiger partial charge in [0.05, 0.1) is 6.54 Å². The number of rotatable bonds is 6. The van der Waals surface area contributed by atoms with Gasteiger partial charge in [-0.3, -0.25) is 9.89 Å². The number of aryl methyl sites for hydroxylation is 1. The van der Waals surface area contributed by atoms with Crippen molar-refractivity contribution < 1.29 is 0 Å². The Morgan fingerprint density at radius 2 is 2.27 bits per heavy atom. The van der Waals surface area contributed by atoms with Crippen molar-refractivity contribution in [2.45, 2.75) is 52.0 Å². The zero-order valence-electron chi connectivity index (χ0n) is 14.0. The molecule has 1 unspecified atom stereocenters. The Morgan fingerprint density at radius 3 is 3.05 bits per heavy atom. The Bertz CT molecular complexity index is 484. The molecule has 1 fully saturated rings. The topological polar surface area (TPSA) is 53.6 Å². The molecule has 1 aromatic carbocycles. The average molecular weight is 302 g/mol. The van der Waals surface area contributed by atoms with Crippen LogP contribution >= 0.6 is 0 Å². The first kappa shape index (κ1) is 16.8. The molecule has 0 radical (unpaired) electrons. The molecule has 1 saturated heterocycles. The van der Waals surface area contributed by atoms with E-state index in [9.17, 15) is 0 Å². The second-order valence-corrected chi connectivity index (χ2v) is 6.26. The maximum atomic E-state index is 6.04. The molecule has 1 heterocycles. The van der Waals surface area contributed by atoms with Gasteiger partial charge < -0.3 is 11.1 Å². The Hall–Kier alpha value is -1.55. The number of nitrogens with zero attached hydrogens (tertiary/aromatic N) is 2. The highest BCUT2D eigenvalue weighted by Gasteiger charge is 2.21. The maximum Gasteiger partial charge on any atom is 0.193 e. The SMILES string of the molecule is CCCCN1CCCCC1CN=C(N)Nc1cccc(C)c1. The monoisotopic (exact) mass is 302 g/mol. The van der Waals surface area contributed by atoms with Crippen LogP contribution < -0.4 is 11.1 Å². The Kier molecular flexibility index (Phi) is 6.72. The highest BCUT2D eigenvalue weighted by atomic mass is 15.2. The van der Waals surface area contributed by atoms with Crippen molar-refractivity contribution in [3.8, 4) is 0 Å². The van der Waals surface area contributed by atoms with Gasteiger partial charge in [0.2, 0.25) is 0 Å². The molecule has 0 spiro atoms. The zero-order valence-corrected chi connectivity index (χ0v) is 14.0. The number of hydrogen-bond donors (Lipinski definition) is 2. The molecule has 4 nitrogen and oxygen atoms in total. The molecule has 0 aromatic heterocycles. The maximum absolute atomic E-state index is 6.04. The lowest BCUT2D eigenvalue weighted by atomic mass is 10.0. The van der Waals surface area contributed by atoms with E-state index < -0.39 is 0 Å². The van der Waals surface area contributed by atoms with E-state index in [0.29, 0.717) is 12.0 Å².